The molecule has 4 rings (SSSR count). The lowest BCUT2D eigenvalue weighted by Gasteiger charge is -2.42. The van der Waals surface area contributed by atoms with E-state index in [0.717, 1.165) is 19.7 Å². The molecule has 25 heavy (non-hydrogen) atoms. The number of methoxy groups -OCH3 is 1. The number of rotatable bonds is 6. The zero-order chi connectivity index (χ0) is 17.1. The van der Waals surface area contributed by atoms with E-state index in [9.17, 15) is 0 Å². The predicted molar refractivity (Wildman–Crippen MR) is 104 cm³/mol. The van der Waals surface area contributed by atoms with Crippen LogP contribution in [0.25, 0.3) is 0 Å². The highest BCUT2D eigenvalue weighted by atomic mass is 32.1. The molecule has 1 unspecified atom stereocenters. The maximum absolute atomic E-state index is 5.60. The molecule has 2 fully saturated rings. The van der Waals surface area contributed by atoms with E-state index in [1.165, 1.54) is 48.9 Å². The van der Waals surface area contributed by atoms with Gasteiger partial charge in [-0.15, -0.1) is 22.7 Å². The molecule has 6 heteroatoms. The van der Waals surface area contributed by atoms with Crippen LogP contribution in [0.5, 0.6) is 0 Å². The van der Waals surface area contributed by atoms with Gasteiger partial charge in [-0.3, -0.25) is 9.80 Å². The van der Waals surface area contributed by atoms with Gasteiger partial charge in [0, 0.05) is 49.1 Å². The highest BCUT2D eigenvalue weighted by molar-refractivity contribution is 7.10. The normalized spacial score (nSPS) is 24.3. The summed E-state index contributed by atoms with van der Waals surface area (Å²) in [6, 6.07) is 4.42. The van der Waals surface area contributed by atoms with Gasteiger partial charge in [-0.1, -0.05) is 6.07 Å². The Labute approximate surface area is 158 Å². The zero-order valence-corrected chi connectivity index (χ0v) is 16.5. The van der Waals surface area contributed by atoms with E-state index in [-0.39, 0.29) is 0 Å². The maximum Gasteiger partial charge on any atom is 0.107 e. The largest absolute Gasteiger partial charge is 0.384 e. The lowest BCUT2D eigenvalue weighted by atomic mass is 9.71. The summed E-state index contributed by atoms with van der Waals surface area (Å²) >= 11 is 3.65. The summed E-state index contributed by atoms with van der Waals surface area (Å²) < 4.78 is 5.60. The fourth-order valence-corrected chi connectivity index (χ4v) is 5.97. The molecule has 2 aliphatic heterocycles. The zero-order valence-electron chi connectivity index (χ0n) is 14.9. The number of nitrogens with zero attached hydrogens (tertiary/aromatic N) is 3. The van der Waals surface area contributed by atoms with Crippen molar-refractivity contribution in [3.05, 3.63) is 39.0 Å². The Kier molecular flexibility index (Phi) is 5.53. The maximum atomic E-state index is 5.60. The summed E-state index contributed by atoms with van der Waals surface area (Å²) in [4.78, 5) is 11.2. The minimum atomic E-state index is 0.437. The highest BCUT2D eigenvalue weighted by Crippen LogP contribution is 2.45. The third kappa shape index (κ3) is 3.98. The van der Waals surface area contributed by atoms with E-state index in [1.807, 2.05) is 24.6 Å². The third-order valence-electron chi connectivity index (χ3n) is 5.90. The first kappa shape index (κ1) is 17.6. The van der Waals surface area contributed by atoms with Crippen LogP contribution in [0.2, 0.25) is 0 Å². The van der Waals surface area contributed by atoms with E-state index in [0.29, 0.717) is 11.3 Å². The van der Waals surface area contributed by atoms with Crippen LogP contribution < -0.4 is 0 Å². The summed E-state index contributed by atoms with van der Waals surface area (Å²) in [6.07, 6.45) is 4.49. The minimum absolute atomic E-state index is 0.437. The van der Waals surface area contributed by atoms with Crippen molar-refractivity contribution in [3.8, 4) is 0 Å². The van der Waals surface area contributed by atoms with Crippen LogP contribution in [-0.2, 0) is 17.8 Å². The van der Waals surface area contributed by atoms with Crippen LogP contribution in [0.1, 0.15) is 22.7 Å². The SMILES string of the molecule is COCC1CN(Cc2cccs2)CC12CCN(Cc1nccs1)CC2. The molecule has 4 nitrogen and oxygen atoms in total. The molecule has 1 atom stereocenters. The summed E-state index contributed by atoms with van der Waals surface area (Å²) in [5, 5.41) is 5.51. The van der Waals surface area contributed by atoms with Crippen LogP contribution in [0, 0.1) is 11.3 Å². The van der Waals surface area contributed by atoms with Crippen molar-refractivity contribution in [2.45, 2.75) is 25.9 Å². The molecule has 2 saturated heterocycles. The summed E-state index contributed by atoms with van der Waals surface area (Å²) in [7, 11) is 1.85. The smallest absolute Gasteiger partial charge is 0.107 e. The van der Waals surface area contributed by atoms with Crippen molar-refractivity contribution in [1.29, 1.82) is 0 Å². The van der Waals surface area contributed by atoms with E-state index in [1.54, 1.807) is 11.3 Å². The Morgan fingerprint density at radius 2 is 2.08 bits per heavy atom. The van der Waals surface area contributed by atoms with Gasteiger partial charge < -0.3 is 4.74 Å². The van der Waals surface area contributed by atoms with Crippen molar-refractivity contribution < 1.29 is 4.74 Å². The highest BCUT2D eigenvalue weighted by Gasteiger charge is 2.47. The van der Waals surface area contributed by atoms with Crippen molar-refractivity contribution in [1.82, 2.24) is 14.8 Å². The van der Waals surface area contributed by atoms with E-state index in [2.05, 4.69) is 37.7 Å². The lowest BCUT2D eigenvalue weighted by molar-refractivity contribution is 0.0350. The molecule has 1 spiro atoms. The van der Waals surface area contributed by atoms with Gasteiger partial charge in [0.1, 0.15) is 5.01 Å². The van der Waals surface area contributed by atoms with E-state index < -0.39 is 0 Å². The average Bonchev–Trinajstić information content (AvgIpc) is 3.34. The van der Waals surface area contributed by atoms with Gasteiger partial charge in [-0.2, -0.15) is 0 Å². The topological polar surface area (TPSA) is 28.6 Å². The molecule has 0 saturated carbocycles. The molecule has 2 aromatic rings. The fraction of sp³-hybridized carbons (Fsp3) is 0.632. The Bertz CT molecular complexity index is 636. The summed E-state index contributed by atoms with van der Waals surface area (Å²) in [6.45, 7) is 7.79. The fourth-order valence-electron chi connectivity index (χ4n) is 4.56. The lowest BCUT2D eigenvalue weighted by Crippen LogP contribution is -2.44. The number of thiazole rings is 1. The van der Waals surface area contributed by atoms with Crippen molar-refractivity contribution in [2.24, 2.45) is 11.3 Å². The standard InChI is InChI=1S/C19H27N3OS2/c1-23-14-16-11-22(12-17-3-2-9-24-17)15-19(16)4-7-21(8-5-19)13-18-20-6-10-25-18/h2-3,6,9-10,16H,4-5,7-8,11-15H2,1H3. The van der Waals surface area contributed by atoms with Crippen LogP contribution >= 0.6 is 22.7 Å². The molecule has 136 valence electrons. The Morgan fingerprint density at radius 1 is 1.20 bits per heavy atom. The molecule has 4 heterocycles. The molecule has 0 aliphatic carbocycles. The summed E-state index contributed by atoms with van der Waals surface area (Å²) in [5.41, 5.74) is 0.437. The Morgan fingerprint density at radius 3 is 2.76 bits per heavy atom. The second-order valence-corrected chi connectivity index (χ2v) is 9.48. The first-order chi connectivity index (χ1) is 12.3. The van der Waals surface area contributed by atoms with Crippen molar-refractivity contribution in [2.75, 3.05) is 39.9 Å². The number of likely N-dealkylation sites (tertiary alicyclic amines) is 2. The van der Waals surface area contributed by atoms with Gasteiger partial charge in [0.05, 0.1) is 13.2 Å². The van der Waals surface area contributed by atoms with Gasteiger partial charge in [-0.05, 0) is 42.8 Å². The Hall–Kier alpha value is -0.790. The first-order valence-corrected chi connectivity index (χ1v) is 10.9. The van der Waals surface area contributed by atoms with Crippen molar-refractivity contribution >= 4 is 22.7 Å². The molecular formula is C19H27N3OS2. The quantitative estimate of drug-likeness (QED) is 0.769. The van der Waals surface area contributed by atoms with Crippen LogP contribution in [0.3, 0.4) is 0 Å². The van der Waals surface area contributed by atoms with Crippen molar-refractivity contribution in [3.63, 3.8) is 0 Å². The van der Waals surface area contributed by atoms with Gasteiger partial charge in [-0.25, -0.2) is 4.98 Å². The summed E-state index contributed by atoms with van der Waals surface area (Å²) in [5.74, 6) is 0.666. The van der Waals surface area contributed by atoms with E-state index >= 15 is 0 Å². The monoisotopic (exact) mass is 377 g/mol. The average molecular weight is 378 g/mol. The second kappa shape index (κ2) is 7.84. The number of aromatic nitrogens is 1. The molecule has 0 bridgehead atoms. The van der Waals surface area contributed by atoms with Gasteiger partial charge in [0.25, 0.3) is 0 Å². The first-order valence-electron chi connectivity index (χ1n) is 9.12. The van der Waals surface area contributed by atoms with E-state index in [4.69, 9.17) is 4.74 Å². The predicted octanol–water partition coefficient (Wildman–Crippen LogP) is 3.57. The molecule has 0 N–H and O–H groups in total. The molecule has 0 aromatic carbocycles. The van der Waals surface area contributed by atoms with Crippen LogP contribution in [0.15, 0.2) is 29.1 Å². The van der Waals surface area contributed by atoms with Crippen LogP contribution in [-0.4, -0.2) is 54.7 Å². The third-order valence-corrected chi connectivity index (χ3v) is 7.53. The second-order valence-electron chi connectivity index (χ2n) is 7.47. The number of ether oxygens (including phenoxy) is 1. The molecule has 2 aliphatic rings. The molecular weight excluding hydrogens is 350 g/mol. The molecule has 2 aromatic heterocycles. The number of hydrogen-bond acceptors (Lipinski definition) is 6. The molecule has 0 amide bonds. The van der Waals surface area contributed by atoms with Gasteiger partial charge in [0.15, 0.2) is 0 Å². The number of hydrogen-bond donors (Lipinski definition) is 0. The Balaban J connectivity index is 1.38. The van der Waals surface area contributed by atoms with Crippen LogP contribution in [0.4, 0.5) is 0 Å². The van der Waals surface area contributed by atoms with Gasteiger partial charge in [0.2, 0.25) is 0 Å². The van der Waals surface area contributed by atoms with Gasteiger partial charge >= 0.3 is 0 Å². The molecule has 0 radical (unpaired) electrons. The minimum Gasteiger partial charge on any atom is -0.384 e. The number of piperidine rings is 1. The number of thiophene rings is 1.